The van der Waals surface area contributed by atoms with Gasteiger partial charge in [-0.15, -0.1) is 0 Å². The normalized spacial score (nSPS) is 10.4. The summed E-state index contributed by atoms with van der Waals surface area (Å²) in [6, 6.07) is 10.7. The molecular weight excluding hydrogens is 433 g/mol. The molecule has 0 radical (unpaired) electrons. The van der Waals surface area contributed by atoms with Gasteiger partial charge in [0.2, 0.25) is 0 Å². The first-order chi connectivity index (χ1) is 11.9. The number of ether oxygens (including phenoxy) is 2. The van der Waals surface area contributed by atoms with Crippen LogP contribution in [-0.2, 0) is 4.79 Å². The Morgan fingerprint density at radius 1 is 1.20 bits per heavy atom. The van der Waals surface area contributed by atoms with Crippen molar-refractivity contribution < 1.29 is 19.1 Å². The van der Waals surface area contributed by atoms with Crippen molar-refractivity contribution in [1.82, 2.24) is 0 Å². The van der Waals surface area contributed by atoms with Crippen LogP contribution in [0.2, 0.25) is 0 Å². The van der Waals surface area contributed by atoms with E-state index in [4.69, 9.17) is 9.47 Å². The molecule has 1 N–H and O–H groups in total. The van der Waals surface area contributed by atoms with E-state index in [1.54, 1.807) is 18.2 Å². The van der Waals surface area contributed by atoms with Gasteiger partial charge >= 0.3 is 0 Å². The van der Waals surface area contributed by atoms with Crippen LogP contribution in [0.15, 0.2) is 36.4 Å². The zero-order valence-corrected chi connectivity index (χ0v) is 16.5. The van der Waals surface area contributed by atoms with Crippen LogP contribution in [-0.4, -0.2) is 25.9 Å². The Labute approximate surface area is 160 Å². The van der Waals surface area contributed by atoms with Gasteiger partial charge in [-0.3, -0.25) is 9.59 Å². The standard InChI is InChI=1S/C19H20INO4/c1-12(2)15-9-14(20)5-6-16(15)21-19(23)11-25-17-7-4-13(10-22)8-18(17)24-3/h4-10,12H,11H2,1-3H3,(H,21,23). The van der Waals surface area contributed by atoms with Gasteiger partial charge in [0.15, 0.2) is 18.1 Å². The Morgan fingerprint density at radius 2 is 1.96 bits per heavy atom. The van der Waals surface area contributed by atoms with E-state index in [2.05, 4.69) is 47.8 Å². The number of benzene rings is 2. The number of rotatable bonds is 7. The minimum Gasteiger partial charge on any atom is -0.493 e. The van der Waals surface area contributed by atoms with Crippen molar-refractivity contribution in [2.75, 3.05) is 19.0 Å². The van der Waals surface area contributed by atoms with Crippen LogP contribution < -0.4 is 14.8 Å². The van der Waals surface area contributed by atoms with E-state index in [-0.39, 0.29) is 12.5 Å². The van der Waals surface area contributed by atoms with Crippen molar-refractivity contribution in [3.8, 4) is 11.5 Å². The maximum atomic E-state index is 12.2. The molecule has 0 aliphatic rings. The lowest BCUT2D eigenvalue weighted by Crippen LogP contribution is -2.21. The monoisotopic (exact) mass is 453 g/mol. The molecule has 0 atom stereocenters. The van der Waals surface area contributed by atoms with Crippen LogP contribution in [0.1, 0.15) is 35.7 Å². The largest absolute Gasteiger partial charge is 0.493 e. The molecule has 2 rings (SSSR count). The Hall–Kier alpha value is -2.09. The summed E-state index contributed by atoms with van der Waals surface area (Å²) in [6.45, 7) is 4.01. The molecule has 6 heteroatoms. The van der Waals surface area contributed by atoms with Crippen molar-refractivity contribution in [2.24, 2.45) is 0 Å². The number of halogens is 1. The minimum atomic E-state index is -0.260. The summed E-state index contributed by atoms with van der Waals surface area (Å²) >= 11 is 2.25. The first-order valence-corrected chi connectivity index (χ1v) is 8.87. The van der Waals surface area contributed by atoms with Crippen LogP contribution in [0, 0.1) is 3.57 Å². The van der Waals surface area contributed by atoms with Gasteiger partial charge in [-0.1, -0.05) is 13.8 Å². The van der Waals surface area contributed by atoms with Gasteiger partial charge in [0.25, 0.3) is 5.91 Å². The first kappa shape index (κ1) is 19.2. The molecule has 0 unspecified atom stereocenters. The highest BCUT2D eigenvalue weighted by atomic mass is 127. The maximum absolute atomic E-state index is 12.2. The lowest BCUT2D eigenvalue weighted by Gasteiger charge is -2.15. The number of carbonyl (C=O) groups is 2. The third kappa shape index (κ3) is 5.19. The van der Waals surface area contributed by atoms with E-state index >= 15 is 0 Å². The molecule has 0 aliphatic heterocycles. The van der Waals surface area contributed by atoms with Crippen molar-refractivity contribution in [2.45, 2.75) is 19.8 Å². The molecule has 0 fully saturated rings. The highest BCUT2D eigenvalue weighted by Crippen LogP contribution is 2.28. The summed E-state index contributed by atoms with van der Waals surface area (Å²) in [6.07, 6.45) is 0.725. The topological polar surface area (TPSA) is 64.6 Å². The molecule has 0 aromatic heterocycles. The fourth-order valence-corrected chi connectivity index (χ4v) is 2.85. The lowest BCUT2D eigenvalue weighted by molar-refractivity contribution is -0.118. The molecule has 0 heterocycles. The average molecular weight is 453 g/mol. The van der Waals surface area contributed by atoms with Crippen LogP contribution in [0.4, 0.5) is 5.69 Å². The minimum absolute atomic E-state index is 0.152. The predicted octanol–water partition coefficient (Wildman–Crippen LogP) is 4.25. The van der Waals surface area contributed by atoms with Crippen LogP contribution >= 0.6 is 22.6 Å². The fraction of sp³-hybridized carbons (Fsp3) is 0.263. The van der Waals surface area contributed by atoms with Gasteiger partial charge in [-0.2, -0.15) is 0 Å². The quantitative estimate of drug-likeness (QED) is 0.503. The van der Waals surface area contributed by atoms with E-state index in [0.717, 1.165) is 21.1 Å². The summed E-state index contributed by atoms with van der Waals surface area (Å²) in [5.74, 6) is 0.857. The third-order valence-corrected chi connectivity index (χ3v) is 4.26. The number of nitrogens with one attached hydrogen (secondary N) is 1. The Bertz CT molecular complexity index is 774. The van der Waals surface area contributed by atoms with Gasteiger partial charge in [0.1, 0.15) is 6.29 Å². The molecule has 2 aromatic rings. The highest BCUT2D eigenvalue weighted by molar-refractivity contribution is 14.1. The zero-order valence-electron chi connectivity index (χ0n) is 14.3. The SMILES string of the molecule is COc1cc(C=O)ccc1OCC(=O)Nc1ccc(I)cc1C(C)C. The number of hydrogen-bond donors (Lipinski definition) is 1. The second-order valence-electron chi connectivity index (χ2n) is 5.75. The smallest absolute Gasteiger partial charge is 0.262 e. The fourth-order valence-electron chi connectivity index (χ4n) is 2.33. The number of aldehydes is 1. The predicted molar refractivity (Wildman–Crippen MR) is 106 cm³/mol. The van der Waals surface area contributed by atoms with Crippen molar-refractivity contribution in [3.63, 3.8) is 0 Å². The summed E-state index contributed by atoms with van der Waals surface area (Å²) in [5, 5.41) is 2.89. The molecule has 0 spiro atoms. The molecule has 0 bridgehead atoms. The van der Waals surface area contributed by atoms with E-state index in [1.807, 2.05) is 12.1 Å². The van der Waals surface area contributed by atoms with Gasteiger partial charge in [-0.05, 0) is 70.5 Å². The van der Waals surface area contributed by atoms with E-state index < -0.39 is 0 Å². The van der Waals surface area contributed by atoms with Crippen LogP contribution in [0.3, 0.4) is 0 Å². The van der Waals surface area contributed by atoms with E-state index in [9.17, 15) is 9.59 Å². The van der Waals surface area contributed by atoms with Gasteiger partial charge in [0.05, 0.1) is 7.11 Å². The molecule has 1 amide bonds. The average Bonchev–Trinajstić information content (AvgIpc) is 2.61. The van der Waals surface area contributed by atoms with Crippen LogP contribution in [0.25, 0.3) is 0 Å². The van der Waals surface area contributed by atoms with Gasteiger partial charge < -0.3 is 14.8 Å². The number of hydrogen-bond acceptors (Lipinski definition) is 4. The molecule has 0 saturated carbocycles. The van der Waals surface area contributed by atoms with E-state index in [0.29, 0.717) is 23.0 Å². The first-order valence-electron chi connectivity index (χ1n) is 7.80. The molecule has 0 saturated heterocycles. The maximum Gasteiger partial charge on any atom is 0.262 e. The molecule has 2 aromatic carbocycles. The summed E-state index contributed by atoms with van der Waals surface area (Å²) < 4.78 is 11.8. The molecule has 132 valence electrons. The number of anilines is 1. The number of carbonyl (C=O) groups excluding carboxylic acids is 2. The zero-order chi connectivity index (χ0) is 18.4. The molecule has 0 aliphatic carbocycles. The Kier molecular flexibility index (Phi) is 6.81. The van der Waals surface area contributed by atoms with E-state index in [1.165, 1.54) is 7.11 Å². The van der Waals surface area contributed by atoms with Crippen molar-refractivity contribution in [3.05, 3.63) is 51.1 Å². The second kappa shape index (κ2) is 8.84. The van der Waals surface area contributed by atoms with Gasteiger partial charge in [0, 0.05) is 14.8 Å². The molecular formula is C19H20INO4. The third-order valence-electron chi connectivity index (χ3n) is 3.59. The second-order valence-corrected chi connectivity index (χ2v) is 7.00. The van der Waals surface area contributed by atoms with Crippen molar-refractivity contribution in [1.29, 1.82) is 0 Å². The Balaban J connectivity index is 2.06. The number of amides is 1. The summed E-state index contributed by atoms with van der Waals surface area (Å²) in [7, 11) is 1.48. The molecule has 5 nitrogen and oxygen atoms in total. The lowest BCUT2D eigenvalue weighted by atomic mass is 10.0. The summed E-state index contributed by atoms with van der Waals surface area (Å²) in [5.41, 5.74) is 2.34. The Morgan fingerprint density at radius 3 is 2.60 bits per heavy atom. The van der Waals surface area contributed by atoms with Gasteiger partial charge in [-0.25, -0.2) is 0 Å². The molecule has 25 heavy (non-hydrogen) atoms. The highest BCUT2D eigenvalue weighted by Gasteiger charge is 2.12. The van der Waals surface area contributed by atoms with Crippen LogP contribution in [0.5, 0.6) is 11.5 Å². The van der Waals surface area contributed by atoms with Crippen molar-refractivity contribution >= 4 is 40.5 Å². The number of methoxy groups -OCH3 is 1. The summed E-state index contributed by atoms with van der Waals surface area (Å²) in [4.78, 5) is 23.0.